The summed E-state index contributed by atoms with van der Waals surface area (Å²) in [4.78, 5) is 29.0. The Morgan fingerprint density at radius 2 is 1.85 bits per heavy atom. The van der Waals surface area contributed by atoms with Crippen molar-refractivity contribution in [1.29, 1.82) is 0 Å². The van der Waals surface area contributed by atoms with E-state index in [4.69, 9.17) is 11.6 Å². The van der Waals surface area contributed by atoms with Gasteiger partial charge in [0, 0.05) is 43.9 Å². The van der Waals surface area contributed by atoms with Crippen LogP contribution in [0.4, 0.5) is 10.5 Å². The summed E-state index contributed by atoms with van der Waals surface area (Å²) in [6, 6.07) is 6.95. The van der Waals surface area contributed by atoms with Gasteiger partial charge in [0.1, 0.15) is 0 Å². The molecular formula is C19H27ClN4O2. The van der Waals surface area contributed by atoms with Gasteiger partial charge in [-0.05, 0) is 37.0 Å². The monoisotopic (exact) mass is 378 g/mol. The first-order valence-corrected chi connectivity index (χ1v) is 9.73. The Bertz CT molecular complexity index is 640. The molecule has 7 heteroatoms. The van der Waals surface area contributed by atoms with Gasteiger partial charge in [-0.2, -0.15) is 0 Å². The van der Waals surface area contributed by atoms with Crippen LogP contribution in [0.25, 0.3) is 0 Å². The van der Waals surface area contributed by atoms with Crippen molar-refractivity contribution < 1.29 is 9.59 Å². The molecule has 1 atom stereocenters. The van der Waals surface area contributed by atoms with Crippen LogP contribution in [0.1, 0.15) is 25.7 Å². The van der Waals surface area contributed by atoms with E-state index in [-0.39, 0.29) is 18.0 Å². The lowest BCUT2D eigenvalue weighted by atomic mass is 9.95. The second-order valence-corrected chi connectivity index (χ2v) is 7.50. The highest BCUT2D eigenvalue weighted by Crippen LogP contribution is 2.31. The van der Waals surface area contributed by atoms with Crippen molar-refractivity contribution in [3.05, 3.63) is 29.3 Å². The van der Waals surface area contributed by atoms with Crippen LogP contribution in [0.2, 0.25) is 5.02 Å². The highest BCUT2D eigenvalue weighted by Gasteiger charge is 2.36. The molecule has 3 amide bonds. The van der Waals surface area contributed by atoms with E-state index in [9.17, 15) is 9.59 Å². The number of rotatable bonds is 4. The number of hydrogen-bond donors (Lipinski definition) is 2. The number of urea groups is 1. The number of anilines is 1. The zero-order valence-corrected chi connectivity index (χ0v) is 16.0. The third-order valence-corrected chi connectivity index (χ3v) is 5.67. The molecular weight excluding hydrogens is 352 g/mol. The number of hydrogen-bond acceptors (Lipinski definition) is 3. The molecule has 0 radical (unpaired) electrons. The zero-order valence-electron chi connectivity index (χ0n) is 15.2. The summed E-state index contributed by atoms with van der Waals surface area (Å²) < 4.78 is 0. The fourth-order valence-corrected chi connectivity index (χ4v) is 4.26. The fourth-order valence-electron chi connectivity index (χ4n) is 4.07. The van der Waals surface area contributed by atoms with Gasteiger partial charge >= 0.3 is 6.03 Å². The Labute approximate surface area is 159 Å². The quantitative estimate of drug-likeness (QED) is 0.846. The molecule has 0 spiro atoms. The van der Waals surface area contributed by atoms with Crippen LogP contribution in [0.3, 0.4) is 0 Å². The number of halogens is 1. The molecule has 0 bridgehead atoms. The normalized spacial score (nSPS) is 20.0. The average Bonchev–Trinajstić information content (AvgIpc) is 3.16. The number of benzene rings is 1. The van der Waals surface area contributed by atoms with Crippen LogP contribution in [-0.2, 0) is 4.79 Å². The lowest BCUT2D eigenvalue weighted by Gasteiger charge is -2.40. The van der Waals surface area contributed by atoms with E-state index in [1.165, 1.54) is 12.8 Å². The number of nitrogens with zero attached hydrogens (tertiary/aromatic N) is 2. The minimum absolute atomic E-state index is 0.0689. The van der Waals surface area contributed by atoms with Gasteiger partial charge in [-0.3, -0.25) is 9.69 Å². The van der Waals surface area contributed by atoms with Crippen LogP contribution in [-0.4, -0.2) is 61.0 Å². The summed E-state index contributed by atoms with van der Waals surface area (Å²) in [7, 11) is 1.71. The van der Waals surface area contributed by atoms with Crippen molar-refractivity contribution in [2.24, 2.45) is 5.92 Å². The van der Waals surface area contributed by atoms with E-state index in [1.54, 1.807) is 24.1 Å². The molecule has 1 heterocycles. The number of piperazine rings is 1. The first-order chi connectivity index (χ1) is 12.6. The SMILES string of the molecule is CNC(=O)C(C1CCCC1)N1CCN(C(=O)Nc2cccc(Cl)c2)CC1. The molecule has 1 aromatic rings. The summed E-state index contributed by atoms with van der Waals surface area (Å²) in [6.07, 6.45) is 4.65. The highest BCUT2D eigenvalue weighted by molar-refractivity contribution is 6.30. The van der Waals surface area contributed by atoms with Gasteiger partial charge in [0.15, 0.2) is 0 Å². The van der Waals surface area contributed by atoms with Crippen molar-refractivity contribution in [2.45, 2.75) is 31.7 Å². The first kappa shape index (κ1) is 19.0. The van der Waals surface area contributed by atoms with Gasteiger partial charge in [-0.1, -0.05) is 30.5 Å². The summed E-state index contributed by atoms with van der Waals surface area (Å²) in [6.45, 7) is 2.67. The Hall–Kier alpha value is -1.79. The summed E-state index contributed by atoms with van der Waals surface area (Å²) in [5.41, 5.74) is 0.694. The van der Waals surface area contributed by atoms with Crippen LogP contribution in [0.5, 0.6) is 0 Å². The van der Waals surface area contributed by atoms with Gasteiger partial charge in [0.05, 0.1) is 6.04 Å². The molecule has 26 heavy (non-hydrogen) atoms. The molecule has 0 aromatic heterocycles. The van der Waals surface area contributed by atoms with Gasteiger partial charge in [0.25, 0.3) is 0 Å². The molecule has 1 aromatic carbocycles. The van der Waals surface area contributed by atoms with E-state index in [2.05, 4.69) is 15.5 Å². The summed E-state index contributed by atoms with van der Waals surface area (Å²) in [5, 5.41) is 6.31. The first-order valence-electron chi connectivity index (χ1n) is 9.35. The third-order valence-electron chi connectivity index (χ3n) is 5.43. The standard InChI is InChI=1S/C19H27ClN4O2/c1-21-18(25)17(14-5-2-3-6-14)23-9-11-24(12-10-23)19(26)22-16-8-4-7-15(20)13-16/h4,7-8,13-14,17H,2-3,5-6,9-12H2,1H3,(H,21,25)(H,22,26). The predicted octanol–water partition coefficient (Wildman–Crippen LogP) is 2.79. The Morgan fingerprint density at radius 1 is 1.15 bits per heavy atom. The number of amides is 3. The molecule has 2 N–H and O–H groups in total. The number of carbonyl (C=O) groups excluding carboxylic acids is 2. The zero-order chi connectivity index (χ0) is 18.5. The van der Waals surface area contributed by atoms with Crippen LogP contribution in [0, 0.1) is 5.92 Å². The molecule has 1 saturated carbocycles. The molecule has 6 nitrogen and oxygen atoms in total. The maximum absolute atomic E-state index is 12.5. The summed E-state index contributed by atoms with van der Waals surface area (Å²) >= 11 is 5.96. The third kappa shape index (κ3) is 4.48. The lowest BCUT2D eigenvalue weighted by Crippen LogP contribution is -2.58. The highest BCUT2D eigenvalue weighted by atomic mass is 35.5. The smallest absolute Gasteiger partial charge is 0.321 e. The largest absolute Gasteiger partial charge is 0.358 e. The number of likely N-dealkylation sites (N-methyl/N-ethyl adjacent to an activating group) is 1. The molecule has 1 aliphatic carbocycles. The van der Waals surface area contributed by atoms with E-state index >= 15 is 0 Å². The van der Waals surface area contributed by atoms with Gasteiger partial charge < -0.3 is 15.5 Å². The molecule has 2 fully saturated rings. The Kier molecular flexibility index (Phi) is 6.38. The van der Waals surface area contributed by atoms with E-state index in [0.29, 0.717) is 29.7 Å². The topological polar surface area (TPSA) is 64.7 Å². The van der Waals surface area contributed by atoms with Crippen molar-refractivity contribution in [2.75, 3.05) is 38.5 Å². The average molecular weight is 379 g/mol. The minimum Gasteiger partial charge on any atom is -0.358 e. The molecule has 142 valence electrons. The Morgan fingerprint density at radius 3 is 2.46 bits per heavy atom. The van der Waals surface area contributed by atoms with E-state index in [1.807, 2.05) is 12.1 Å². The maximum Gasteiger partial charge on any atom is 0.321 e. The van der Waals surface area contributed by atoms with Crippen molar-refractivity contribution >= 4 is 29.2 Å². The molecule has 3 rings (SSSR count). The van der Waals surface area contributed by atoms with Crippen molar-refractivity contribution in [3.63, 3.8) is 0 Å². The summed E-state index contributed by atoms with van der Waals surface area (Å²) in [5.74, 6) is 0.538. The van der Waals surface area contributed by atoms with Gasteiger partial charge in [-0.15, -0.1) is 0 Å². The van der Waals surface area contributed by atoms with Crippen molar-refractivity contribution in [1.82, 2.24) is 15.1 Å². The van der Waals surface area contributed by atoms with Gasteiger partial charge in [0.2, 0.25) is 5.91 Å². The fraction of sp³-hybridized carbons (Fsp3) is 0.579. The minimum atomic E-state index is -0.121. The second kappa shape index (κ2) is 8.73. The lowest BCUT2D eigenvalue weighted by molar-refractivity contribution is -0.128. The maximum atomic E-state index is 12.5. The number of carbonyl (C=O) groups is 2. The van der Waals surface area contributed by atoms with E-state index < -0.39 is 0 Å². The van der Waals surface area contributed by atoms with Crippen molar-refractivity contribution in [3.8, 4) is 0 Å². The second-order valence-electron chi connectivity index (χ2n) is 7.07. The molecule has 1 aliphatic heterocycles. The number of nitrogens with one attached hydrogen (secondary N) is 2. The molecule has 1 unspecified atom stereocenters. The van der Waals surface area contributed by atoms with Crippen LogP contribution in [0.15, 0.2) is 24.3 Å². The Balaban J connectivity index is 1.57. The van der Waals surface area contributed by atoms with Gasteiger partial charge in [-0.25, -0.2) is 4.79 Å². The predicted molar refractivity (Wildman–Crippen MR) is 103 cm³/mol. The van der Waals surface area contributed by atoms with Crippen LogP contribution >= 0.6 is 11.6 Å². The van der Waals surface area contributed by atoms with Crippen LogP contribution < -0.4 is 10.6 Å². The molecule has 1 saturated heterocycles. The molecule has 2 aliphatic rings. The van der Waals surface area contributed by atoms with E-state index in [0.717, 1.165) is 25.9 Å².